The predicted molar refractivity (Wildman–Crippen MR) is 82.9 cm³/mol. The van der Waals surface area contributed by atoms with Crippen LogP contribution >= 0.6 is 22.6 Å². The Morgan fingerprint density at radius 2 is 1.86 bits per heavy atom. The highest BCUT2D eigenvalue weighted by atomic mass is 127. The molecule has 0 aliphatic heterocycles. The van der Waals surface area contributed by atoms with Gasteiger partial charge in [-0.1, -0.05) is 0 Å². The summed E-state index contributed by atoms with van der Waals surface area (Å²) in [5.41, 5.74) is 0.341. The normalized spacial score (nSPS) is 9.81. The number of amides is 3. The van der Waals surface area contributed by atoms with Gasteiger partial charge >= 0.3 is 12.0 Å². The average Bonchev–Trinajstić information content (AvgIpc) is 2.46. The number of hydrogen-bond acceptors (Lipinski definition) is 5. The zero-order chi connectivity index (χ0) is 15.7. The molecule has 21 heavy (non-hydrogen) atoms. The summed E-state index contributed by atoms with van der Waals surface area (Å²) >= 11 is 2.11. The van der Waals surface area contributed by atoms with Crippen molar-refractivity contribution >= 4 is 40.5 Å². The molecule has 0 aromatic heterocycles. The third kappa shape index (κ3) is 7.04. The highest BCUT2D eigenvalue weighted by Gasteiger charge is 2.12. The minimum absolute atomic E-state index is 0.276. The Balaban J connectivity index is 2.30. The second-order valence-corrected chi connectivity index (χ2v) is 5.13. The smallest absolute Gasteiger partial charge is 0.338 e. The molecule has 0 spiro atoms. The van der Waals surface area contributed by atoms with Crippen molar-refractivity contribution < 1.29 is 23.9 Å². The SMILES string of the molecule is COCCNC(=O)NC(=O)COC(=O)c1ccc(I)cc1. The van der Waals surface area contributed by atoms with Gasteiger partial charge in [-0.15, -0.1) is 0 Å². The number of rotatable bonds is 6. The number of nitrogens with one attached hydrogen (secondary N) is 2. The molecular formula is C13H15IN2O5. The fourth-order valence-electron chi connectivity index (χ4n) is 1.27. The first kappa shape index (κ1) is 17.4. The Kier molecular flexibility index (Phi) is 7.69. The van der Waals surface area contributed by atoms with Crippen LogP contribution in [0.4, 0.5) is 4.79 Å². The number of carbonyl (C=O) groups is 3. The maximum Gasteiger partial charge on any atom is 0.338 e. The number of benzene rings is 1. The maximum absolute atomic E-state index is 11.6. The van der Waals surface area contributed by atoms with Gasteiger partial charge in [0.2, 0.25) is 0 Å². The van der Waals surface area contributed by atoms with E-state index in [1.807, 2.05) is 5.32 Å². The minimum Gasteiger partial charge on any atom is -0.452 e. The number of esters is 1. The first-order valence-electron chi connectivity index (χ1n) is 6.02. The monoisotopic (exact) mass is 406 g/mol. The van der Waals surface area contributed by atoms with Crippen LogP contribution in [0.3, 0.4) is 0 Å². The number of ether oxygens (including phenoxy) is 2. The van der Waals surface area contributed by atoms with Gasteiger partial charge in [0.05, 0.1) is 12.2 Å². The summed E-state index contributed by atoms with van der Waals surface area (Å²) in [6, 6.07) is 6.03. The van der Waals surface area contributed by atoms with E-state index in [1.165, 1.54) is 7.11 Å². The lowest BCUT2D eigenvalue weighted by Crippen LogP contribution is -2.42. The van der Waals surface area contributed by atoms with Crippen LogP contribution in [0.2, 0.25) is 0 Å². The van der Waals surface area contributed by atoms with Crippen LogP contribution in [0, 0.1) is 3.57 Å². The summed E-state index contributed by atoms with van der Waals surface area (Å²) in [6.45, 7) is 0.0873. The molecule has 0 atom stereocenters. The van der Waals surface area contributed by atoms with Crippen molar-refractivity contribution in [1.29, 1.82) is 0 Å². The number of imide groups is 1. The predicted octanol–water partition coefficient (Wildman–Crippen LogP) is 0.920. The van der Waals surface area contributed by atoms with E-state index in [4.69, 9.17) is 9.47 Å². The van der Waals surface area contributed by atoms with Crippen molar-refractivity contribution in [2.24, 2.45) is 0 Å². The summed E-state index contributed by atoms with van der Waals surface area (Å²) < 4.78 is 10.5. The molecule has 1 rings (SSSR count). The van der Waals surface area contributed by atoms with Gasteiger partial charge in [-0.05, 0) is 46.9 Å². The van der Waals surface area contributed by atoms with Crippen LogP contribution in [0.1, 0.15) is 10.4 Å². The average molecular weight is 406 g/mol. The van der Waals surface area contributed by atoms with Gasteiger partial charge in [0.1, 0.15) is 0 Å². The molecule has 0 aliphatic rings. The van der Waals surface area contributed by atoms with E-state index in [0.717, 1.165) is 3.57 Å². The lowest BCUT2D eigenvalue weighted by atomic mass is 10.2. The van der Waals surface area contributed by atoms with Gasteiger partial charge in [-0.3, -0.25) is 10.1 Å². The summed E-state index contributed by atoms with van der Waals surface area (Å²) in [6.07, 6.45) is 0. The summed E-state index contributed by atoms with van der Waals surface area (Å²) in [4.78, 5) is 34.3. The summed E-state index contributed by atoms with van der Waals surface area (Å²) in [5.74, 6) is -1.33. The first-order valence-corrected chi connectivity index (χ1v) is 7.10. The van der Waals surface area contributed by atoms with E-state index in [0.29, 0.717) is 12.2 Å². The van der Waals surface area contributed by atoms with Crippen molar-refractivity contribution in [1.82, 2.24) is 10.6 Å². The Morgan fingerprint density at radius 3 is 2.48 bits per heavy atom. The Morgan fingerprint density at radius 1 is 1.19 bits per heavy atom. The third-order valence-electron chi connectivity index (χ3n) is 2.26. The van der Waals surface area contributed by atoms with Crippen LogP contribution in [-0.4, -0.2) is 44.8 Å². The standard InChI is InChI=1S/C13H15IN2O5/c1-20-7-6-15-13(19)16-11(17)8-21-12(18)9-2-4-10(14)5-3-9/h2-5H,6-8H2,1H3,(H2,15,16,17,19). The molecule has 2 N–H and O–H groups in total. The molecule has 7 nitrogen and oxygen atoms in total. The number of carbonyl (C=O) groups excluding carboxylic acids is 3. The van der Waals surface area contributed by atoms with E-state index < -0.39 is 24.5 Å². The first-order chi connectivity index (χ1) is 10.0. The highest BCUT2D eigenvalue weighted by Crippen LogP contribution is 2.07. The number of methoxy groups -OCH3 is 1. The van der Waals surface area contributed by atoms with Crippen molar-refractivity contribution in [3.05, 3.63) is 33.4 Å². The molecule has 0 fully saturated rings. The number of halogens is 1. The second kappa shape index (κ2) is 9.29. The molecule has 8 heteroatoms. The second-order valence-electron chi connectivity index (χ2n) is 3.88. The minimum atomic E-state index is -0.705. The van der Waals surface area contributed by atoms with Gasteiger partial charge in [-0.25, -0.2) is 9.59 Å². The molecule has 1 aromatic rings. The van der Waals surface area contributed by atoms with Gasteiger partial charge in [-0.2, -0.15) is 0 Å². The van der Waals surface area contributed by atoms with E-state index in [-0.39, 0.29) is 6.54 Å². The summed E-state index contributed by atoms with van der Waals surface area (Å²) in [7, 11) is 1.49. The van der Waals surface area contributed by atoms with Crippen molar-refractivity contribution in [2.75, 3.05) is 26.9 Å². The van der Waals surface area contributed by atoms with Crippen molar-refractivity contribution in [2.45, 2.75) is 0 Å². The van der Waals surface area contributed by atoms with Crippen LogP contribution in [-0.2, 0) is 14.3 Å². The van der Waals surface area contributed by atoms with E-state index in [2.05, 4.69) is 27.9 Å². The lowest BCUT2D eigenvalue weighted by Gasteiger charge is -2.07. The topological polar surface area (TPSA) is 93.7 Å². The van der Waals surface area contributed by atoms with Gasteiger partial charge < -0.3 is 14.8 Å². The molecule has 0 heterocycles. The van der Waals surface area contributed by atoms with E-state index in [1.54, 1.807) is 24.3 Å². The van der Waals surface area contributed by atoms with Crippen LogP contribution in [0.25, 0.3) is 0 Å². The molecule has 0 saturated carbocycles. The number of hydrogen-bond donors (Lipinski definition) is 2. The third-order valence-corrected chi connectivity index (χ3v) is 2.98. The molecule has 0 radical (unpaired) electrons. The van der Waals surface area contributed by atoms with Crippen molar-refractivity contribution in [3.8, 4) is 0 Å². The summed E-state index contributed by atoms with van der Waals surface area (Å²) in [5, 5.41) is 4.43. The molecule has 0 aliphatic carbocycles. The maximum atomic E-state index is 11.6. The van der Waals surface area contributed by atoms with Gasteiger partial charge in [0.25, 0.3) is 5.91 Å². The zero-order valence-corrected chi connectivity index (χ0v) is 13.5. The Hall–Kier alpha value is -1.68. The molecule has 0 saturated heterocycles. The van der Waals surface area contributed by atoms with E-state index in [9.17, 15) is 14.4 Å². The van der Waals surface area contributed by atoms with Crippen molar-refractivity contribution in [3.63, 3.8) is 0 Å². The molecular weight excluding hydrogens is 391 g/mol. The molecule has 1 aromatic carbocycles. The fourth-order valence-corrected chi connectivity index (χ4v) is 1.63. The van der Waals surface area contributed by atoms with Gasteiger partial charge in [0.15, 0.2) is 6.61 Å². The molecule has 114 valence electrons. The molecule has 0 bridgehead atoms. The largest absolute Gasteiger partial charge is 0.452 e. The highest BCUT2D eigenvalue weighted by molar-refractivity contribution is 14.1. The van der Waals surface area contributed by atoms with Crippen LogP contribution in [0.5, 0.6) is 0 Å². The number of urea groups is 1. The quantitative estimate of drug-likeness (QED) is 0.417. The fraction of sp³-hybridized carbons (Fsp3) is 0.308. The molecule has 0 unspecified atom stereocenters. The Bertz CT molecular complexity index is 504. The zero-order valence-electron chi connectivity index (χ0n) is 11.3. The lowest BCUT2D eigenvalue weighted by molar-refractivity contribution is -0.123. The van der Waals surface area contributed by atoms with E-state index >= 15 is 0 Å². The Labute approximate surface area is 135 Å². The van der Waals surface area contributed by atoms with Crippen LogP contribution < -0.4 is 10.6 Å². The van der Waals surface area contributed by atoms with Gasteiger partial charge in [0, 0.05) is 17.2 Å². The molecule has 3 amide bonds. The van der Waals surface area contributed by atoms with Crippen LogP contribution in [0.15, 0.2) is 24.3 Å².